The number of piperazine rings is 1. The molecule has 2 fully saturated rings. The molecule has 7 nitrogen and oxygen atoms in total. The predicted octanol–water partition coefficient (Wildman–Crippen LogP) is 0.119. The molecule has 2 heterocycles. The van der Waals surface area contributed by atoms with E-state index >= 15 is 0 Å². The Labute approximate surface area is 154 Å². The number of rotatable bonds is 5. The number of nitrogens with two attached hydrogens (primary N) is 2. The third-order valence-corrected chi connectivity index (χ3v) is 6.22. The molecule has 0 spiro atoms. The van der Waals surface area contributed by atoms with Crippen molar-refractivity contribution >= 4 is 10.0 Å². The Kier molecular flexibility index (Phi) is 9.84. The lowest BCUT2D eigenvalue weighted by Gasteiger charge is -2.33. The second-order valence-corrected chi connectivity index (χ2v) is 9.77. The van der Waals surface area contributed by atoms with Crippen LogP contribution < -0.4 is 11.5 Å². The predicted molar refractivity (Wildman–Crippen MR) is 105 cm³/mol. The van der Waals surface area contributed by atoms with E-state index in [-0.39, 0.29) is 6.04 Å². The Morgan fingerprint density at radius 2 is 1.60 bits per heavy atom. The van der Waals surface area contributed by atoms with Gasteiger partial charge in [0.15, 0.2) is 0 Å². The van der Waals surface area contributed by atoms with Crippen molar-refractivity contribution in [2.75, 3.05) is 52.6 Å². The topological polar surface area (TPSA) is 95.9 Å². The fraction of sp³-hybridized carbons (Fsp3) is 1.00. The molecule has 2 saturated heterocycles. The number of likely N-dealkylation sites (tertiary alicyclic amines) is 1. The van der Waals surface area contributed by atoms with Crippen molar-refractivity contribution in [3.05, 3.63) is 0 Å². The fourth-order valence-electron chi connectivity index (χ4n) is 3.52. The normalized spacial score (nSPS) is 26.6. The molecule has 150 valence electrons. The van der Waals surface area contributed by atoms with Crippen molar-refractivity contribution in [3.63, 3.8) is 0 Å². The fourth-order valence-corrected chi connectivity index (χ4v) is 4.35. The van der Waals surface area contributed by atoms with E-state index in [2.05, 4.69) is 23.8 Å². The van der Waals surface area contributed by atoms with E-state index in [0.29, 0.717) is 19.1 Å². The van der Waals surface area contributed by atoms with Crippen molar-refractivity contribution in [1.29, 1.82) is 0 Å². The third kappa shape index (κ3) is 9.30. The molecule has 0 aliphatic carbocycles. The molecule has 4 N–H and O–H groups in total. The van der Waals surface area contributed by atoms with Crippen LogP contribution in [-0.4, -0.2) is 93.2 Å². The second-order valence-electron chi connectivity index (χ2n) is 7.78. The third-order valence-electron chi connectivity index (χ3n) is 4.91. The molecule has 0 aromatic carbocycles. The summed E-state index contributed by atoms with van der Waals surface area (Å²) in [6, 6.07) is 1.27. The van der Waals surface area contributed by atoms with Gasteiger partial charge in [-0.15, -0.1) is 0 Å². The molecule has 0 radical (unpaired) electrons. The maximum absolute atomic E-state index is 11.2. The largest absolute Gasteiger partial charge is 0.328 e. The van der Waals surface area contributed by atoms with E-state index in [9.17, 15) is 8.42 Å². The Balaban J connectivity index is 0.000000257. The molecule has 2 aliphatic rings. The smallest absolute Gasteiger partial charge is 0.211 e. The molecule has 8 heteroatoms. The van der Waals surface area contributed by atoms with Crippen LogP contribution in [0.5, 0.6) is 0 Å². The van der Waals surface area contributed by atoms with Crippen LogP contribution in [0.2, 0.25) is 0 Å². The monoisotopic (exact) mass is 377 g/mol. The van der Waals surface area contributed by atoms with Crippen LogP contribution in [0.15, 0.2) is 0 Å². The van der Waals surface area contributed by atoms with Gasteiger partial charge in [0.25, 0.3) is 0 Å². The minimum Gasteiger partial charge on any atom is -0.328 e. The average molecular weight is 378 g/mol. The summed E-state index contributed by atoms with van der Waals surface area (Å²) in [6.07, 6.45) is 6.52. The molecular formula is C17H39N5O2S. The van der Waals surface area contributed by atoms with Gasteiger partial charge in [-0.05, 0) is 46.7 Å². The van der Waals surface area contributed by atoms with Crippen molar-refractivity contribution < 1.29 is 8.42 Å². The van der Waals surface area contributed by atoms with Gasteiger partial charge in [0.05, 0.1) is 6.26 Å². The van der Waals surface area contributed by atoms with Gasteiger partial charge < -0.3 is 16.4 Å². The molecule has 2 rings (SSSR count). The molecule has 0 saturated carbocycles. The first-order valence-electron chi connectivity index (χ1n) is 9.48. The second kappa shape index (κ2) is 10.8. The molecule has 25 heavy (non-hydrogen) atoms. The first-order chi connectivity index (χ1) is 11.6. The number of nitrogens with zero attached hydrogens (tertiary/aromatic N) is 3. The standard InChI is InChI=1S/C9H20N2.C8H19N3O2S/c1-8(10)7-9-5-3-4-6-11(9)2;1-8(9)7-10-3-5-11(6-4-10)14(2,12)13/h8-9H,3-7,10H2,1-2H3;8H,3-7,9H2,1-2H3/t8?,9-;8-/m00/s1. The van der Waals surface area contributed by atoms with Crippen LogP contribution in [0.25, 0.3) is 0 Å². The van der Waals surface area contributed by atoms with Crippen LogP contribution in [0.4, 0.5) is 0 Å². The van der Waals surface area contributed by atoms with Gasteiger partial charge >= 0.3 is 0 Å². The van der Waals surface area contributed by atoms with Crippen molar-refractivity contribution in [2.45, 2.75) is 57.7 Å². The first kappa shape index (κ1) is 22.8. The zero-order valence-electron chi connectivity index (χ0n) is 16.5. The maximum Gasteiger partial charge on any atom is 0.211 e. The zero-order chi connectivity index (χ0) is 19.0. The van der Waals surface area contributed by atoms with Gasteiger partial charge in [0.1, 0.15) is 0 Å². The highest BCUT2D eigenvalue weighted by molar-refractivity contribution is 7.88. The highest BCUT2D eigenvalue weighted by Crippen LogP contribution is 2.18. The van der Waals surface area contributed by atoms with Crippen LogP contribution in [0.1, 0.15) is 39.5 Å². The quantitative estimate of drug-likeness (QED) is 0.706. The average Bonchev–Trinajstić information content (AvgIpc) is 2.49. The highest BCUT2D eigenvalue weighted by atomic mass is 32.2. The van der Waals surface area contributed by atoms with E-state index in [1.165, 1.54) is 36.4 Å². The summed E-state index contributed by atoms with van der Waals surface area (Å²) >= 11 is 0. The van der Waals surface area contributed by atoms with E-state index < -0.39 is 10.0 Å². The molecular weight excluding hydrogens is 338 g/mol. The molecule has 0 aromatic rings. The zero-order valence-corrected chi connectivity index (χ0v) is 17.3. The van der Waals surface area contributed by atoms with Gasteiger partial charge in [0, 0.05) is 50.8 Å². The van der Waals surface area contributed by atoms with Gasteiger partial charge in [0.2, 0.25) is 10.0 Å². The highest BCUT2D eigenvalue weighted by Gasteiger charge is 2.23. The maximum atomic E-state index is 11.2. The van der Waals surface area contributed by atoms with Crippen LogP contribution in [0, 0.1) is 0 Å². The summed E-state index contributed by atoms with van der Waals surface area (Å²) in [7, 11) is -0.788. The summed E-state index contributed by atoms with van der Waals surface area (Å²) in [5.74, 6) is 0. The number of hydrogen-bond acceptors (Lipinski definition) is 6. The number of hydrogen-bond donors (Lipinski definition) is 2. The van der Waals surface area contributed by atoms with Gasteiger partial charge in [-0.3, -0.25) is 4.90 Å². The Morgan fingerprint density at radius 1 is 1.00 bits per heavy atom. The van der Waals surface area contributed by atoms with Crippen molar-refractivity contribution in [1.82, 2.24) is 14.1 Å². The van der Waals surface area contributed by atoms with Gasteiger partial charge in [-0.25, -0.2) is 8.42 Å². The van der Waals surface area contributed by atoms with Crippen molar-refractivity contribution in [3.8, 4) is 0 Å². The Morgan fingerprint density at radius 3 is 2.04 bits per heavy atom. The SMILES string of the molecule is CC(N)C[C@@H]1CCCCN1C.C[C@H](N)CN1CCN(S(C)(=O)=O)CC1. The summed E-state index contributed by atoms with van der Waals surface area (Å²) in [4.78, 5) is 4.65. The lowest BCUT2D eigenvalue weighted by molar-refractivity contribution is 0.170. The van der Waals surface area contributed by atoms with Gasteiger partial charge in [-0.2, -0.15) is 4.31 Å². The summed E-state index contributed by atoms with van der Waals surface area (Å²) in [5, 5.41) is 0. The molecule has 0 bridgehead atoms. The lowest BCUT2D eigenvalue weighted by atomic mass is 9.97. The van der Waals surface area contributed by atoms with Crippen molar-refractivity contribution in [2.24, 2.45) is 11.5 Å². The van der Waals surface area contributed by atoms with Crippen LogP contribution >= 0.6 is 0 Å². The molecule has 0 amide bonds. The van der Waals surface area contributed by atoms with Gasteiger partial charge in [-0.1, -0.05) is 6.42 Å². The number of sulfonamides is 1. The Hall–Kier alpha value is -0.250. The lowest BCUT2D eigenvalue weighted by Crippen LogP contribution is -2.50. The summed E-state index contributed by atoms with van der Waals surface area (Å²) in [6.45, 7) is 8.92. The molecule has 2 aliphatic heterocycles. The molecule has 3 atom stereocenters. The summed E-state index contributed by atoms with van der Waals surface area (Å²) < 4.78 is 23.9. The van der Waals surface area contributed by atoms with E-state index in [1.807, 2.05) is 6.92 Å². The minimum absolute atomic E-state index is 0.153. The van der Waals surface area contributed by atoms with E-state index in [4.69, 9.17) is 11.5 Å². The first-order valence-corrected chi connectivity index (χ1v) is 11.3. The number of piperidine rings is 1. The van der Waals surface area contributed by atoms with Crippen LogP contribution in [-0.2, 0) is 10.0 Å². The minimum atomic E-state index is -3.00. The Bertz CT molecular complexity index is 462. The summed E-state index contributed by atoms with van der Waals surface area (Å²) in [5.41, 5.74) is 11.4. The van der Waals surface area contributed by atoms with E-state index in [0.717, 1.165) is 32.1 Å². The molecule has 0 aromatic heterocycles. The molecule has 1 unspecified atom stereocenters. The van der Waals surface area contributed by atoms with Crippen LogP contribution in [0.3, 0.4) is 0 Å². The van der Waals surface area contributed by atoms with E-state index in [1.54, 1.807) is 0 Å².